The number of hydrazone groups is 1. The molecule has 1 amide bonds. The number of anilines is 1. The highest BCUT2D eigenvalue weighted by atomic mass is 79.9. The summed E-state index contributed by atoms with van der Waals surface area (Å²) in [4.78, 5) is 13.0. The first-order chi connectivity index (χ1) is 20.5. The molecule has 0 saturated heterocycles. The molecule has 0 fully saturated rings. The number of ether oxygens (including phenoxy) is 2. The number of halogens is 3. The summed E-state index contributed by atoms with van der Waals surface area (Å²) >= 11 is 15.6. The van der Waals surface area contributed by atoms with Crippen LogP contribution in [0.15, 0.2) is 93.3 Å². The Hall–Kier alpha value is -3.57. The van der Waals surface area contributed by atoms with E-state index in [1.54, 1.807) is 61.5 Å². The molecule has 0 heterocycles. The van der Waals surface area contributed by atoms with E-state index in [1.165, 1.54) is 25.5 Å². The minimum atomic E-state index is -4.09. The molecule has 4 aromatic carbocycles. The number of hydrogen-bond donors (Lipinski definition) is 1. The molecule has 4 rings (SSSR count). The predicted octanol–water partition coefficient (Wildman–Crippen LogP) is 7.31. The summed E-state index contributed by atoms with van der Waals surface area (Å²) in [5, 5.41) is 5.13. The van der Waals surface area contributed by atoms with Crippen LogP contribution < -0.4 is 19.2 Å². The fourth-order valence-corrected chi connectivity index (χ4v) is 6.48. The van der Waals surface area contributed by atoms with Gasteiger partial charge in [0, 0.05) is 10.0 Å². The predicted molar refractivity (Wildman–Crippen MR) is 174 cm³/mol. The maximum absolute atomic E-state index is 13.6. The average molecular weight is 705 g/mol. The quantitative estimate of drug-likeness (QED) is 0.131. The molecule has 0 saturated carbocycles. The second-order valence-corrected chi connectivity index (χ2v) is 13.1. The van der Waals surface area contributed by atoms with Crippen LogP contribution in [0.25, 0.3) is 0 Å². The molecule has 0 aliphatic heterocycles. The van der Waals surface area contributed by atoms with Gasteiger partial charge in [-0.05, 0) is 101 Å². The van der Waals surface area contributed by atoms with E-state index in [0.717, 1.165) is 15.4 Å². The van der Waals surface area contributed by atoms with Crippen LogP contribution in [0.4, 0.5) is 5.69 Å². The highest BCUT2D eigenvalue weighted by molar-refractivity contribution is 9.10. The van der Waals surface area contributed by atoms with Crippen molar-refractivity contribution in [3.05, 3.63) is 116 Å². The highest BCUT2D eigenvalue weighted by Gasteiger charge is 2.28. The number of rotatable bonds is 11. The molecule has 0 atom stereocenters. The number of benzene rings is 4. The smallest absolute Gasteiger partial charge is 0.264 e. The maximum atomic E-state index is 13.6. The summed E-state index contributed by atoms with van der Waals surface area (Å²) in [7, 11) is -2.58. The normalized spacial score (nSPS) is 11.4. The standard InChI is InChI=1S/C31H28BrCl2N3O5S/c1-20-4-11-26(12-5-20)43(39,40)37(28-13-10-25(34)14-21(28)2)18-30(38)36-35-17-23-15-27(32)31(29(16-23)41-3)42-19-22-6-8-24(33)9-7-22/h4-17H,18-19H2,1-3H3,(H,36,38)/b35-17-. The zero-order chi connectivity index (χ0) is 31.1. The van der Waals surface area contributed by atoms with Gasteiger partial charge in [-0.1, -0.05) is 53.0 Å². The largest absolute Gasteiger partial charge is 0.493 e. The van der Waals surface area contributed by atoms with Gasteiger partial charge < -0.3 is 9.47 Å². The van der Waals surface area contributed by atoms with Crippen molar-refractivity contribution in [1.82, 2.24) is 5.43 Å². The van der Waals surface area contributed by atoms with Crippen LogP contribution in [0.3, 0.4) is 0 Å². The molecule has 4 aromatic rings. The minimum Gasteiger partial charge on any atom is -0.493 e. The van der Waals surface area contributed by atoms with E-state index in [1.807, 2.05) is 19.1 Å². The van der Waals surface area contributed by atoms with Gasteiger partial charge in [-0.3, -0.25) is 9.10 Å². The van der Waals surface area contributed by atoms with Crippen molar-refractivity contribution in [2.24, 2.45) is 5.10 Å². The van der Waals surface area contributed by atoms with Crippen molar-refractivity contribution in [2.45, 2.75) is 25.3 Å². The van der Waals surface area contributed by atoms with Crippen molar-refractivity contribution < 1.29 is 22.7 Å². The van der Waals surface area contributed by atoms with Crippen LogP contribution >= 0.6 is 39.1 Å². The molecule has 43 heavy (non-hydrogen) atoms. The van der Waals surface area contributed by atoms with Gasteiger partial charge in [-0.15, -0.1) is 0 Å². The van der Waals surface area contributed by atoms with E-state index in [2.05, 4.69) is 26.5 Å². The Labute approximate surface area is 269 Å². The number of nitrogens with one attached hydrogen (secondary N) is 1. The van der Waals surface area contributed by atoms with Crippen LogP contribution in [-0.2, 0) is 21.4 Å². The fourth-order valence-electron chi connectivity index (χ4n) is 4.07. The van der Waals surface area contributed by atoms with Crippen LogP contribution in [0.5, 0.6) is 11.5 Å². The van der Waals surface area contributed by atoms with Crippen LogP contribution in [-0.4, -0.2) is 34.2 Å². The van der Waals surface area contributed by atoms with Crippen molar-refractivity contribution >= 4 is 67.0 Å². The number of nitrogens with zero attached hydrogens (tertiary/aromatic N) is 2. The number of methoxy groups -OCH3 is 1. The third kappa shape index (κ3) is 8.29. The Morgan fingerprint density at radius 3 is 2.30 bits per heavy atom. The lowest BCUT2D eigenvalue weighted by atomic mass is 10.2. The van der Waals surface area contributed by atoms with Gasteiger partial charge in [0.1, 0.15) is 13.2 Å². The van der Waals surface area contributed by atoms with E-state index in [4.69, 9.17) is 32.7 Å². The lowest BCUT2D eigenvalue weighted by molar-refractivity contribution is -0.119. The van der Waals surface area contributed by atoms with Crippen LogP contribution in [0.2, 0.25) is 10.0 Å². The summed E-state index contributed by atoms with van der Waals surface area (Å²) < 4.78 is 40.4. The average Bonchev–Trinajstić information content (AvgIpc) is 2.96. The summed E-state index contributed by atoms with van der Waals surface area (Å²) in [6.07, 6.45) is 1.42. The number of sulfonamides is 1. The Morgan fingerprint density at radius 1 is 0.977 bits per heavy atom. The summed E-state index contributed by atoms with van der Waals surface area (Å²) in [5.74, 6) is 0.300. The molecule has 0 spiro atoms. The molecule has 8 nitrogen and oxygen atoms in total. The lowest BCUT2D eigenvalue weighted by Crippen LogP contribution is -2.40. The van der Waals surface area contributed by atoms with Crippen molar-refractivity contribution in [3.8, 4) is 11.5 Å². The van der Waals surface area contributed by atoms with E-state index in [-0.39, 0.29) is 4.90 Å². The first kappa shape index (κ1) is 32.3. The monoisotopic (exact) mass is 703 g/mol. The second kappa shape index (κ2) is 14.3. The van der Waals surface area contributed by atoms with Gasteiger partial charge in [-0.25, -0.2) is 13.8 Å². The highest BCUT2D eigenvalue weighted by Crippen LogP contribution is 2.37. The summed E-state index contributed by atoms with van der Waals surface area (Å²) in [6, 6.07) is 22.0. The molecule has 224 valence electrons. The van der Waals surface area contributed by atoms with Gasteiger partial charge in [0.15, 0.2) is 11.5 Å². The van der Waals surface area contributed by atoms with Crippen molar-refractivity contribution in [2.75, 3.05) is 18.0 Å². The zero-order valence-corrected chi connectivity index (χ0v) is 27.4. The molecule has 0 aromatic heterocycles. The number of aryl methyl sites for hydroxylation is 2. The van der Waals surface area contributed by atoms with E-state index in [9.17, 15) is 13.2 Å². The minimum absolute atomic E-state index is 0.0547. The van der Waals surface area contributed by atoms with Crippen molar-refractivity contribution in [1.29, 1.82) is 0 Å². The second-order valence-electron chi connectivity index (χ2n) is 9.50. The third-order valence-electron chi connectivity index (χ3n) is 6.27. The molecular weight excluding hydrogens is 677 g/mol. The van der Waals surface area contributed by atoms with E-state index < -0.39 is 22.5 Å². The molecule has 0 unspecified atom stereocenters. The van der Waals surface area contributed by atoms with Gasteiger partial charge in [-0.2, -0.15) is 5.10 Å². The molecule has 0 radical (unpaired) electrons. The van der Waals surface area contributed by atoms with E-state index in [0.29, 0.717) is 49.4 Å². The SMILES string of the molecule is COc1cc(/C=N\NC(=O)CN(c2ccc(Cl)cc2C)S(=O)(=O)c2ccc(C)cc2)cc(Br)c1OCc1ccc(Cl)cc1. The van der Waals surface area contributed by atoms with Gasteiger partial charge in [0.05, 0.1) is 28.4 Å². The molecule has 0 bridgehead atoms. The molecule has 12 heteroatoms. The first-order valence-electron chi connectivity index (χ1n) is 12.9. The molecule has 0 aliphatic carbocycles. The Morgan fingerprint density at radius 2 is 1.65 bits per heavy atom. The Balaban J connectivity index is 1.50. The van der Waals surface area contributed by atoms with Crippen molar-refractivity contribution in [3.63, 3.8) is 0 Å². The summed E-state index contributed by atoms with van der Waals surface area (Å²) in [5.41, 5.74) is 5.77. The van der Waals surface area contributed by atoms with E-state index >= 15 is 0 Å². The third-order valence-corrected chi connectivity index (χ3v) is 9.12. The first-order valence-corrected chi connectivity index (χ1v) is 15.9. The number of carbonyl (C=O) groups excluding carboxylic acids is 1. The lowest BCUT2D eigenvalue weighted by Gasteiger charge is -2.25. The number of carbonyl (C=O) groups is 1. The van der Waals surface area contributed by atoms with Gasteiger partial charge in [0.2, 0.25) is 0 Å². The van der Waals surface area contributed by atoms with Gasteiger partial charge in [0.25, 0.3) is 15.9 Å². The Kier molecular flexibility index (Phi) is 10.7. The Bertz CT molecular complexity index is 1750. The topological polar surface area (TPSA) is 97.3 Å². The zero-order valence-electron chi connectivity index (χ0n) is 23.5. The number of amides is 1. The van der Waals surface area contributed by atoms with Crippen LogP contribution in [0.1, 0.15) is 22.3 Å². The maximum Gasteiger partial charge on any atom is 0.264 e. The summed E-state index contributed by atoms with van der Waals surface area (Å²) in [6.45, 7) is 3.37. The molecule has 1 N–H and O–H groups in total. The molecular formula is C31H28BrCl2N3O5S. The fraction of sp³-hybridized carbons (Fsp3) is 0.161. The number of hydrogen-bond acceptors (Lipinski definition) is 6. The van der Waals surface area contributed by atoms with Crippen LogP contribution in [0, 0.1) is 13.8 Å². The van der Waals surface area contributed by atoms with Gasteiger partial charge >= 0.3 is 0 Å². The molecule has 0 aliphatic rings.